The Labute approximate surface area is 140 Å². The van der Waals surface area contributed by atoms with E-state index in [-0.39, 0.29) is 0 Å². The maximum atomic E-state index is 5.84. The predicted octanol–water partition coefficient (Wildman–Crippen LogP) is 3.53. The number of methoxy groups -OCH3 is 1. The zero-order chi connectivity index (χ0) is 16.3. The van der Waals surface area contributed by atoms with Crippen molar-refractivity contribution in [3.05, 3.63) is 23.8 Å². The highest BCUT2D eigenvalue weighted by Gasteiger charge is 2.10. The summed E-state index contributed by atoms with van der Waals surface area (Å²) in [5, 5.41) is 0. The van der Waals surface area contributed by atoms with E-state index in [4.69, 9.17) is 14.2 Å². The Balaban J connectivity index is 1.78. The van der Waals surface area contributed by atoms with Gasteiger partial charge in [0, 0.05) is 13.1 Å². The van der Waals surface area contributed by atoms with Crippen LogP contribution in [0.4, 0.5) is 0 Å². The number of rotatable bonds is 10. The van der Waals surface area contributed by atoms with Gasteiger partial charge in [0.05, 0.1) is 26.9 Å². The van der Waals surface area contributed by atoms with Crippen LogP contribution in [0.5, 0.6) is 11.5 Å². The summed E-state index contributed by atoms with van der Waals surface area (Å²) >= 11 is 0. The normalized spacial score (nSPS) is 15.6. The largest absolute Gasteiger partial charge is 0.493 e. The van der Waals surface area contributed by atoms with Crippen LogP contribution in [-0.2, 0) is 11.2 Å². The Morgan fingerprint density at radius 3 is 2.65 bits per heavy atom. The molecule has 0 aliphatic carbocycles. The van der Waals surface area contributed by atoms with Gasteiger partial charge in [-0.15, -0.1) is 0 Å². The molecule has 4 heteroatoms. The molecule has 1 fully saturated rings. The molecule has 0 spiro atoms. The summed E-state index contributed by atoms with van der Waals surface area (Å²) in [7, 11) is 1.71. The van der Waals surface area contributed by atoms with Crippen LogP contribution >= 0.6 is 0 Å². The molecule has 0 atom stereocenters. The molecule has 130 valence electrons. The quantitative estimate of drug-likeness (QED) is 0.617. The minimum atomic E-state index is 0.764. The lowest BCUT2D eigenvalue weighted by molar-refractivity contribution is 0.0374. The molecular formula is C19H31NO3. The van der Waals surface area contributed by atoms with Gasteiger partial charge < -0.3 is 14.2 Å². The molecule has 0 bridgehead atoms. The van der Waals surface area contributed by atoms with E-state index in [1.54, 1.807) is 7.11 Å². The number of nitrogens with zero attached hydrogens (tertiary/aromatic N) is 1. The van der Waals surface area contributed by atoms with Crippen molar-refractivity contribution < 1.29 is 14.2 Å². The molecule has 0 amide bonds. The van der Waals surface area contributed by atoms with Crippen molar-refractivity contribution in [3.63, 3.8) is 0 Å². The Morgan fingerprint density at radius 1 is 1.09 bits per heavy atom. The summed E-state index contributed by atoms with van der Waals surface area (Å²) in [5.74, 6) is 1.71. The predicted molar refractivity (Wildman–Crippen MR) is 93.6 cm³/mol. The van der Waals surface area contributed by atoms with Crippen LogP contribution in [-0.4, -0.2) is 51.5 Å². The summed E-state index contributed by atoms with van der Waals surface area (Å²) in [6, 6.07) is 6.33. The molecule has 1 aromatic carbocycles. The summed E-state index contributed by atoms with van der Waals surface area (Å²) in [6.45, 7) is 7.98. The summed E-state index contributed by atoms with van der Waals surface area (Å²) in [5.41, 5.74) is 1.32. The third-order valence-electron chi connectivity index (χ3n) is 4.28. The second-order valence-corrected chi connectivity index (χ2v) is 6.10. The zero-order valence-corrected chi connectivity index (χ0v) is 14.7. The van der Waals surface area contributed by atoms with Crippen molar-refractivity contribution in [2.24, 2.45) is 0 Å². The molecule has 0 N–H and O–H groups in total. The van der Waals surface area contributed by atoms with Gasteiger partial charge in [0.1, 0.15) is 0 Å². The van der Waals surface area contributed by atoms with Gasteiger partial charge in [-0.05, 0) is 43.5 Å². The van der Waals surface area contributed by atoms with E-state index in [1.165, 1.54) is 24.8 Å². The molecule has 1 aliphatic rings. The minimum Gasteiger partial charge on any atom is -0.493 e. The second-order valence-electron chi connectivity index (χ2n) is 6.10. The molecule has 4 nitrogen and oxygen atoms in total. The van der Waals surface area contributed by atoms with Crippen molar-refractivity contribution >= 4 is 0 Å². The fourth-order valence-corrected chi connectivity index (χ4v) is 2.85. The van der Waals surface area contributed by atoms with Crippen LogP contribution in [0.2, 0.25) is 0 Å². The first-order valence-electron chi connectivity index (χ1n) is 8.93. The Morgan fingerprint density at radius 2 is 1.91 bits per heavy atom. The topological polar surface area (TPSA) is 30.9 Å². The summed E-state index contributed by atoms with van der Waals surface area (Å²) in [6.07, 6.45) is 5.76. The molecule has 0 aromatic heterocycles. The van der Waals surface area contributed by atoms with Crippen molar-refractivity contribution in [2.75, 3.05) is 46.6 Å². The molecular weight excluding hydrogens is 290 g/mol. The van der Waals surface area contributed by atoms with E-state index in [1.807, 2.05) is 0 Å². The van der Waals surface area contributed by atoms with Gasteiger partial charge in [0.25, 0.3) is 0 Å². The lowest BCUT2D eigenvalue weighted by atomic mass is 10.1. The molecule has 0 unspecified atom stereocenters. The smallest absolute Gasteiger partial charge is 0.161 e. The van der Waals surface area contributed by atoms with Crippen molar-refractivity contribution in [1.82, 2.24) is 4.90 Å². The number of unbranched alkanes of at least 4 members (excludes halogenated alkanes) is 2. The van der Waals surface area contributed by atoms with Crippen LogP contribution in [0.25, 0.3) is 0 Å². The molecule has 0 radical (unpaired) electrons. The Hall–Kier alpha value is -1.26. The van der Waals surface area contributed by atoms with Crippen LogP contribution in [0.1, 0.15) is 38.2 Å². The Kier molecular flexibility index (Phi) is 8.26. The van der Waals surface area contributed by atoms with E-state index < -0.39 is 0 Å². The van der Waals surface area contributed by atoms with Gasteiger partial charge in [-0.1, -0.05) is 25.8 Å². The third-order valence-corrected chi connectivity index (χ3v) is 4.28. The summed E-state index contributed by atoms with van der Waals surface area (Å²) < 4.78 is 16.7. The van der Waals surface area contributed by atoms with Gasteiger partial charge in [0.15, 0.2) is 11.5 Å². The van der Waals surface area contributed by atoms with E-state index in [0.29, 0.717) is 0 Å². The number of benzene rings is 1. The molecule has 1 saturated heterocycles. The third kappa shape index (κ3) is 6.40. The molecule has 1 heterocycles. The fourth-order valence-electron chi connectivity index (χ4n) is 2.85. The average molecular weight is 321 g/mol. The van der Waals surface area contributed by atoms with Gasteiger partial charge in [-0.2, -0.15) is 0 Å². The fraction of sp³-hybridized carbons (Fsp3) is 0.684. The second kappa shape index (κ2) is 10.5. The average Bonchev–Trinajstić information content (AvgIpc) is 2.60. The van der Waals surface area contributed by atoms with Gasteiger partial charge in [-0.3, -0.25) is 4.90 Å². The van der Waals surface area contributed by atoms with Gasteiger partial charge in [0.2, 0.25) is 0 Å². The molecule has 23 heavy (non-hydrogen) atoms. The van der Waals surface area contributed by atoms with Crippen molar-refractivity contribution in [3.8, 4) is 11.5 Å². The number of hydrogen-bond donors (Lipinski definition) is 0. The van der Waals surface area contributed by atoms with Crippen molar-refractivity contribution in [1.29, 1.82) is 0 Å². The lowest BCUT2D eigenvalue weighted by Gasteiger charge is -2.26. The van der Waals surface area contributed by atoms with E-state index in [9.17, 15) is 0 Å². The first kappa shape index (κ1) is 18.1. The van der Waals surface area contributed by atoms with Crippen LogP contribution in [0, 0.1) is 0 Å². The van der Waals surface area contributed by atoms with Crippen LogP contribution < -0.4 is 9.47 Å². The van der Waals surface area contributed by atoms with Crippen LogP contribution in [0.3, 0.4) is 0 Å². The molecule has 0 saturated carbocycles. The number of ether oxygens (including phenoxy) is 3. The monoisotopic (exact) mass is 321 g/mol. The minimum absolute atomic E-state index is 0.764. The maximum Gasteiger partial charge on any atom is 0.161 e. The molecule has 1 aliphatic heterocycles. The number of aryl methyl sites for hydroxylation is 1. The van der Waals surface area contributed by atoms with Crippen LogP contribution in [0.15, 0.2) is 18.2 Å². The standard InChI is InChI=1S/C19H31NO3/c1-3-4-5-13-23-18-9-8-17(16-19(18)21-2)7-6-10-20-11-14-22-15-12-20/h8-9,16H,3-7,10-15H2,1-2H3. The highest BCUT2D eigenvalue weighted by Crippen LogP contribution is 2.28. The zero-order valence-electron chi connectivity index (χ0n) is 14.7. The number of morpholine rings is 1. The number of hydrogen-bond acceptors (Lipinski definition) is 4. The van der Waals surface area contributed by atoms with Gasteiger partial charge in [-0.25, -0.2) is 0 Å². The van der Waals surface area contributed by atoms with Gasteiger partial charge >= 0.3 is 0 Å². The van der Waals surface area contributed by atoms with Crippen molar-refractivity contribution in [2.45, 2.75) is 39.0 Å². The van der Waals surface area contributed by atoms with E-state index in [2.05, 4.69) is 30.0 Å². The first-order valence-corrected chi connectivity index (χ1v) is 8.93. The lowest BCUT2D eigenvalue weighted by Crippen LogP contribution is -2.36. The SMILES string of the molecule is CCCCCOc1ccc(CCCN2CCOCC2)cc1OC. The highest BCUT2D eigenvalue weighted by atomic mass is 16.5. The Bertz CT molecular complexity index is 444. The summed E-state index contributed by atoms with van der Waals surface area (Å²) in [4.78, 5) is 2.48. The maximum absolute atomic E-state index is 5.84. The van der Waals surface area contributed by atoms with E-state index >= 15 is 0 Å². The molecule has 1 aromatic rings. The van der Waals surface area contributed by atoms with E-state index in [0.717, 1.165) is 63.8 Å². The highest BCUT2D eigenvalue weighted by molar-refractivity contribution is 5.43. The molecule has 2 rings (SSSR count). The first-order chi connectivity index (χ1) is 11.3.